The second-order valence-electron chi connectivity index (χ2n) is 9.70. The van der Waals surface area contributed by atoms with E-state index >= 15 is 0 Å². The molecule has 0 saturated carbocycles. The Bertz CT molecular complexity index is 1940. The van der Waals surface area contributed by atoms with Crippen molar-refractivity contribution in [1.82, 2.24) is 10.3 Å². The number of nitrogens with zero attached hydrogens (tertiary/aromatic N) is 4. The zero-order valence-electron chi connectivity index (χ0n) is 22.9. The van der Waals surface area contributed by atoms with Crippen molar-refractivity contribution in [2.24, 2.45) is 4.99 Å². The van der Waals surface area contributed by atoms with Crippen molar-refractivity contribution in [3.8, 4) is 33.9 Å². The Hall–Kier alpha value is -4.96. The molecule has 206 valence electrons. The molecule has 0 aliphatic carbocycles. The number of benzene rings is 3. The Morgan fingerprint density at radius 3 is 2.56 bits per heavy atom. The first kappa shape index (κ1) is 26.3. The van der Waals surface area contributed by atoms with E-state index in [1.54, 1.807) is 25.1 Å². The molecular weight excluding hydrogens is 538 g/mol. The van der Waals surface area contributed by atoms with E-state index in [1.165, 1.54) is 11.3 Å². The summed E-state index contributed by atoms with van der Waals surface area (Å²) in [5.41, 5.74) is 10.2. The van der Waals surface area contributed by atoms with Gasteiger partial charge in [-0.05, 0) is 53.1 Å². The van der Waals surface area contributed by atoms with E-state index in [4.69, 9.17) is 24.7 Å². The Morgan fingerprint density at radius 1 is 1.00 bits per heavy atom. The van der Waals surface area contributed by atoms with E-state index in [1.807, 2.05) is 62.4 Å². The van der Waals surface area contributed by atoms with Crippen LogP contribution in [0.1, 0.15) is 24.8 Å². The molecule has 9 nitrogen and oxygen atoms in total. The van der Waals surface area contributed by atoms with Gasteiger partial charge in [0.2, 0.25) is 5.27 Å². The molecule has 0 atom stereocenters. The summed E-state index contributed by atoms with van der Waals surface area (Å²) in [5, 5.41) is 20.1. The highest BCUT2D eigenvalue weighted by Gasteiger charge is 2.22. The van der Waals surface area contributed by atoms with Gasteiger partial charge in [-0.25, -0.2) is 9.98 Å². The smallest absolute Gasteiger partial charge is 0.320 e. The topological polar surface area (TPSA) is 123 Å². The molecule has 0 saturated heterocycles. The zero-order valence-corrected chi connectivity index (χ0v) is 23.7. The average Bonchev–Trinajstić information content (AvgIpc) is 3.60. The second kappa shape index (κ2) is 10.5. The molecule has 3 aromatic carbocycles. The lowest BCUT2D eigenvalue weighted by Gasteiger charge is -2.14. The van der Waals surface area contributed by atoms with Crippen LogP contribution in [-0.2, 0) is 0 Å². The minimum atomic E-state index is -0.531. The Morgan fingerprint density at radius 2 is 1.80 bits per heavy atom. The van der Waals surface area contributed by atoms with Crippen molar-refractivity contribution in [3.63, 3.8) is 0 Å². The summed E-state index contributed by atoms with van der Waals surface area (Å²) in [6.07, 6.45) is 1.58. The van der Waals surface area contributed by atoms with Crippen molar-refractivity contribution >= 4 is 49.8 Å². The number of thiophene rings is 1. The SMILES string of the molecule is COc1ccc(-c2cc(-c3cccc4ccccc34)nc3sc(/C([O-])=N/c4c[n+](C(C)C)no4)c(N)c23)c(OC)c1. The summed E-state index contributed by atoms with van der Waals surface area (Å²) in [7, 11) is 3.21. The third-order valence-corrected chi connectivity index (χ3v) is 7.96. The number of nitrogens with two attached hydrogens (primary N) is 1. The van der Waals surface area contributed by atoms with Crippen LogP contribution in [0.25, 0.3) is 43.4 Å². The lowest BCUT2D eigenvalue weighted by atomic mass is 9.96. The third-order valence-electron chi connectivity index (χ3n) is 6.87. The number of aromatic nitrogens is 3. The summed E-state index contributed by atoms with van der Waals surface area (Å²) in [6, 6.07) is 21.9. The summed E-state index contributed by atoms with van der Waals surface area (Å²) < 4.78 is 18.0. The van der Waals surface area contributed by atoms with Gasteiger partial charge in [0.1, 0.15) is 16.3 Å². The van der Waals surface area contributed by atoms with Gasteiger partial charge in [0.15, 0.2) is 6.04 Å². The predicted octanol–water partition coefficient (Wildman–Crippen LogP) is 5.68. The van der Waals surface area contributed by atoms with Gasteiger partial charge in [-0.1, -0.05) is 42.5 Å². The minimum absolute atomic E-state index is 0.0610. The molecule has 0 aliphatic heterocycles. The molecule has 41 heavy (non-hydrogen) atoms. The maximum absolute atomic E-state index is 13.4. The lowest BCUT2D eigenvalue weighted by Crippen LogP contribution is -2.36. The number of hydrogen-bond acceptors (Lipinski definition) is 9. The molecule has 6 aromatic rings. The van der Waals surface area contributed by atoms with Gasteiger partial charge in [0, 0.05) is 28.5 Å². The molecule has 0 bridgehead atoms. The standard InChI is InChI=1S/C31H27N5O4S/c1-17(2)36-16-26(40-35-36)34-30(37)29-28(32)27-23(22-13-12-19(38-3)14-25(22)39-4)15-24(33-31(27)41-29)21-11-7-9-18-8-5-6-10-20(18)21/h5-17H,1-4H3,(H2-,32,34,35,37). The Labute approximate surface area is 240 Å². The molecule has 3 aromatic heterocycles. The van der Waals surface area contributed by atoms with Crippen LogP contribution in [-0.4, -0.2) is 30.4 Å². The number of pyridine rings is 1. The van der Waals surface area contributed by atoms with Crippen LogP contribution < -0.4 is 25.0 Å². The summed E-state index contributed by atoms with van der Waals surface area (Å²) in [4.78, 5) is 10.0. The van der Waals surface area contributed by atoms with Crippen LogP contribution in [0.3, 0.4) is 0 Å². The number of anilines is 1. The van der Waals surface area contributed by atoms with Crippen LogP contribution in [0.4, 0.5) is 11.6 Å². The normalized spacial score (nSPS) is 12.0. The Balaban J connectivity index is 1.60. The lowest BCUT2D eigenvalue weighted by molar-refractivity contribution is -0.779. The second-order valence-corrected chi connectivity index (χ2v) is 10.7. The maximum Gasteiger partial charge on any atom is 0.320 e. The van der Waals surface area contributed by atoms with Gasteiger partial charge in [-0.2, -0.15) is 0 Å². The number of methoxy groups -OCH3 is 2. The monoisotopic (exact) mass is 565 g/mol. The van der Waals surface area contributed by atoms with Crippen LogP contribution in [0.15, 0.2) is 82.4 Å². The number of nitrogen functional groups attached to an aromatic ring is 1. The minimum Gasteiger partial charge on any atom is -0.857 e. The first-order chi connectivity index (χ1) is 19.9. The number of ether oxygens (including phenoxy) is 2. The average molecular weight is 566 g/mol. The molecular formula is C31H27N5O4S. The fourth-order valence-electron chi connectivity index (χ4n) is 4.79. The van der Waals surface area contributed by atoms with Crippen molar-refractivity contribution in [3.05, 3.63) is 77.8 Å². The molecule has 0 unspecified atom stereocenters. The predicted molar refractivity (Wildman–Crippen MR) is 159 cm³/mol. The van der Waals surface area contributed by atoms with E-state index in [-0.39, 0.29) is 16.8 Å². The van der Waals surface area contributed by atoms with Crippen molar-refractivity contribution in [1.29, 1.82) is 0 Å². The van der Waals surface area contributed by atoms with Crippen LogP contribution in [0.2, 0.25) is 0 Å². The summed E-state index contributed by atoms with van der Waals surface area (Å²) in [5.74, 6) is 0.825. The van der Waals surface area contributed by atoms with Crippen molar-refractivity contribution in [2.75, 3.05) is 20.0 Å². The van der Waals surface area contributed by atoms with Crippen molar-refractivity contribution < 1.29 is 23.8 Å². The fourth-order valence-corrected chi connectivity index (χ4v) is 5.80. The van der Waals surface area contributed by atoms with Gasteiger partial charge >= 0.3 is 5.88 Å². The molecule has 0 radical (unpaired) electrons. The van der Waals surface area contributed by atoms with Gasteiger partial charge in [0.25, 0.3) is 6.20 Å². The largest absolute Gasteiger partial charge is 0.857 e. The third kappa shape index (κ3) is 4.72. The molecule has 3 heterocycles. The quantitative estimate of drug-likeness (QED) is 0.150. The van der Waals surface area contributed by atoms with Gasteiger partial charge in [-0.15, -0.1) is 11.3 Å². The first-order valence-electron chi connectivity index (χ1n) is 13.0. The van der Waals surface area contributed by atoms with Gasteiger partial charge in [-0.3, -0.25) is 4.52 Å². The van der Waals surface area contributed by atoms with E-state index in [2.05, 4.69) is 28.5 Å². The molecule has 0 amide bonds. The highest BCUT2D eigenvalue weighted by atomic mass is 32.1. The number of rotatable bonds is 7. The van der Waals surface area contributed by atoms with E-state index < -0.39 is 5.90 Å². The van der Waals surface area contributed by atoms with E-state index in [0.717, 1.165) is 33.2 Å². The molecule has 0 spiro atoms. The molecule has 0 aliphatic rings. The number of fused-ring (bicyclic) bond motifs is 2. The number of aliphatic imine (C=N–C) groups is 1. The molecule has 10 heteroatoms. The van der Waals surface area contributed by atoms with Gasteiger partial charge in [0.05, 0.1) is 30.5 Å². The summed E-state index contributed by atoms with van der Waals surface area (Å²) >= 11 is 1.19. The molecule has 6 rings (SSSR count). The first-order valence-corrected chi connectivity index (χ1v) is 13.8. The van der Waals surface area contributed by atoms with Crippen molar-refractivity contribution in [2.45, 2.75) is 19.9 Å². The van der Waals surface area contributed by atoms with Crippen LogP contribution in [0.5, 0.6) is 11.5 Å². The van der Waals surface area contributed by atoms with E-state index in [0.29, 0.717) is 27.4 Å². The summed E-state index contributed by atoms with van der Waals surface area (Å²) in [6.45, 7) is 3.90. The highest BCUT2D eigenvalue weighted by molar-refractivity contribution is 7.21. The van der Waals surface area contributed by atoms with Crippen LogP contribution in [0, 0.1) is 0 Å². The zero-order chi connectivity index (χ0) is 28.7. The molecule has 2 N–H and O–H groups in total. The highest BCUT2D eigenvalue weighted by Crippen LogP contribution is 2.45. The van der Waals surface area contributed by atoms with Crippen LogP contribution >= 0.6 is 11.3 Å². The number of hydrogen-bond donors (Lipinski definition) is 1. The van der Waals surface area contributed by atoms with Gasteiger partial charge < -0.3 is 20.3 Å². The fraction of sp³-hybridized carbons (Fsp3) is 0.161. The maximum atomic E-state index is 13.4. The van der Waals surface area contributed by atoms with E-state index in [9.17, 15) is 5.11 Å². The molecule has 0 fully saturated rings. The Kier molecular flexibility index (Phi) is 6.76.